The van der Waals surface area contributed by atoms with E-state index in [-0.39, 0.29) is 5.82 Å². The molecule has 2 rings (SSSR count). The second kappa shape index (κ2) is 7.39. The fourth-order valence-electron chi connectivity index (χ4n) is 3.20. The average molecular weight is 328 g/mol. The standard InChI is InChI=1S/C16H23BrFN/c1-2-19-16(13-5-3-4-6-13)8-7-12-9-14(17)11-15(18)10-12/h9-11,13,16,19H,2-8H2,1H3. The Labute approximate surface area is 124 Å². The molecule has 0 saturated heterocycles. The summed E-state index contributed by atoms with van der Waals surface area (Å²) in [5.74, 6) is 0.669. The number of hydrogen-bond acceptors (Lipinski definition) is 1. The zero-order chi connectivity index (χ0) is 13.7. The van der Waals surface area contributed by atoms with Crippen molar-refractivity contribution in [1.82, 2.24) is 5.32 Å². The van der Waals surface area contributed by atoms with E-state index < -0.39 is 0 Å². The van der Waals surface area contributed by atoms with Crippen LogP contribution >= 0.6 is 15.9 Å². The van der Waals surface area contributed by atoms with Crippen LogP contribution in [0.15, 0.2) is 22.7 Å². The first-order valence-corrected chi connectivity index (χ1v) is 8.16. The molecule has 0 heterocycles. The SMILES string of the molecule is CCNC(CCc1cc(F)cc(Br)c1)C1CCCC1. The highest BCUT2D eigenvalue weighted by atomic mass is 79.9. The zero-order valence-electron chi connectivity index (χ0n) is 11.6. The van der Waals surface area contributed by atoms with Gasteiger partial charge in [0.2, 0.25) is 0 Å². The fourth-order valence-corrected chi connectivity index (χ4v) is 3.72. The number of benzene rings is 1. The van der Waals surface area contributed by atoms with Crippen LogP contribution < -0.4 is 5.32 Å². The van der Waals surface area contributed by atoms with Gasteiger partial charge in [-0.15, -0.1) is 0 Å². The molecule has 1 aliphatic carbocycles. The van der Waals surface area contributed by atoms with E-state index in [0.717, 1.165) is 35.3 Å². The average Bonchev–Trinajstić information content (AvgIpc) is 2.87. The minimum atomic E-state index is -0.148. The van der Waals surface area contributed by atoms with Gasteiger partial charge in [-0.1, -0.05) is 35.7 Å². The topological polar surface area (TPSA) is 12.0 Å². The normalized spacial score (nSPS) is 17.8. The first kappa shape index (κ1) is 15.0. The molecule has 106 valence electrons. The number of halogens is 2. The van der Waals surface area contributed by atoms with E-state index in [1.807, 2.05) is 6.07 Å². The summed E-state index contributed by atoms with van der Waals surface area (Å²) < 4.78 is 14.2. The smallest absolute Gasteiger partial charge is 0.124 e. The molecule has 1 atom stereocenters. The van der Waals surface area contributed by atoms with E-state index in [9.17, 15) is 4.39 Å². The summed E-state index contributed by atoms with van der Waals surface area (Å²) in [6.45, 7) is 3.19. The molecule has 0 bridgehead atoms. The van der Waals surface area contributed by atoms with Crippen LogP contribution in [0.5, 0.6) is 0 Å². The minimum Gasteiger partial charge on any atom is -0.314 e. The lowest BCUT2D eigenvalue weighted by atomic mass is 9.92. The Bertz CT molecular complexity index is 381. The van der Waals surface area contributed by atoms with Gasteiger partial charge in [0.1, 0.15) is 5.82 Å². The van der Waals surface area contributed by atoms with Gasteiger partial charge in [-0.25, -0.2) is 4.39 Å². The van der Waals surface area contributed by atoms with Gasteiger partial charge in [0.25, 0.3) is 0 Å². The van der Waals surface area contributed by atoms with Crippen molar-refractivity contribution in [3.05, 3.63) is 34.1 Å². The van der Waals surface area contributed by atoms with E-state index in [4.69, 9.17) is 0 Å². The van der Waals surface area contributed by atoms with Gasteiger partial charge in [-0.2, -0.15) is 0 Å². The Hall–Kier alpha value is -0.410. The van der Waals surface area contributed by atoms with Crippen molar-refractivity contribution in [1.29, 1.82) is 0 Å². The summed E-state index contributed by atoms with van der Waals surface area (Å²) in [4.78, 5) is 0. The number of rotatable bonds is 6. The number of nitrogens with one attached hydrogen (secondary N) is 1. The molecule has 1 fully saturated rings. The van der Waals surface area contributed by atoms with E-state index in [0.29, 0.717) is 6.04 Å². The maximum absolute atomic E-state index is 13.4. The summed E-state index contributed by atoms with van der Waals surface area (Å²) in [7, 11) is 0. The molecule has 3 heteroatoms. The fraction of sp³-hybridized carbons (Fsp3) is 0.625. The second-order valence-corrected chi connectivity index (χ2v) is 6.44. The van der Waals surface area contributed by atoms with Crippen LogP contribution in [0.2, 0.25) is 0 Å². The first-order chi connectivity index (χ1) is 9.19. The summed E-state index contributed by atoms with van der Waals surface area (Å²) in [5.41, 5.74) is 1.09. The minimum absolute atomic E-state index is 0.148. The van der Waals surface area contributed by atoms with Crippen molar-refractivity contribution < 1.29 is 4.39 Å². The largest absolute Gasteiger partial charge is 0.314 e. The molecule has 1 aliphatic rings. The van der Waals surface area contributed by atoms with Crippen LogP contribution in [-0.2, 0) is 6.42 Å². The lowest BCUT2D eigenvalue weighted by molar-refractivity contribution is 0.346. The Morgan fingerprint density at radius 1 is 1.32 bits per heavy atom. The second-order valence-electron chi connectivity index (χ2n) is 5.53. The zero-order valence-corrected chi connectivity index (χ0v) is 13.2. The molecule has 0 radical (unpaired) electrons. The predicted octanol–water partition coefficient (Wildman–Crippen LogP) is 4.69. The third-order valence-corrected chi connectivity index (χ3v) is 4.56. The lowest BCUT2D eigenvalue weighted by Crippen LogP contribution is -2.35. The monoisotopic (exact) mass is 327 g/mol. The van der Waals surface area contributed by atoms with Crippen molar-refractivity contribution in [2.24, 2.45) is 5.92 Å². The van der Waals surface area contributed by atoms with Crippen molar-refractivity contribution in [2.75, 3.05) is 6.54 Å². The molecule has 1 nitrogen and oxygen atoms in total. The van der Waals surface area contributed by atoms with Crippen molar-refractivity contribution in [3.8, 4) is 0 Å². The van der Waals surface area contributed by atoms with Gasteiger partial charge in [0.05, 0.1) is 0 Å². The highest BCUT2D eigenvalue weighted by molar-refractivity contribution is 9.10. The molecular weight excluding hydrogens is 305 g/mol. The first-order valence-electron chi connectivity index (χ1n) is 7.37. The molecule has 0 aliphatic heterocycles. The summed E-state index contributed by atoms with van der Waals surface area (Å²) in [6.07, 6.45) is 7.50. The summed E-state index contributed by atoms with van der Waals surface area (Å²) in [5, 5.41) is 3.62. The van der Waals surface area contributed by atoms with Crippen molar-refractivity contribution in [3.63, 3.8) is 0 Å². The molecule has 1 unspecified atom stereocenters. The van der Waals surface area contributed by atoms with Crippen LogP contribution in [0.3, 0.4) is 0 Å². The maximum atomic E-state index is 13.4. The Kier molecular flexibility index (Phi) is 5.83. The highest BCUT2D eigenvalue weighted by Crippen LogP contribution is 2.29. The Morgan fingerprint density at radius 2 is 2.05 bits per heavy atom. The Morgan fingerprint density at radius 3 is 2.68 bits per heavy atom. The summed E-state index contributed by atoms with van der Waals surface area (Å²) in [6, 6.07) is 5.79. The Balaban J connectivity index is 1.93. The molecule has 0 amide bonds. The summed E-state index contributed by atoms with van der Waals surface area (Å²) >= 11 is 3.36. The van der Waals surface area contributed by atoms with E-state index in [2.05, 4.69) is 28.2 Å². The molecular formula is C16H23BrFN. The molecule has 1 aromatic rings. The van der Waals surface area contributed by atoms with E-state index in [1.54, 1.807) is 6.07 Å². The molecule has 19 heavy (non-hydrogen) atoms. The van der Waals surface area contributed by atoms with Gasteiger partial charge in [0.15, 0.2) is 0 Å². The molecule has 0 aromatic heterocycles. The molecule has 0 spiro atoms. The molecule has 1 N–H and O–H groups in total. The maximum Gasteiger partial charge on any atom is 0.124 e. The van der Waals surface area contributed by atoms with E-state index >= 15 is 0 Å². The third kappa shape index (κ3) is 4.57. The highest BCUT2D eigenvalue weighted by Gasteiger charge is 2.23. The lowest BCUT2D eigenvalue weighted by Gasteiger charge is -2.24. The number of hydrogen-bond donors (Lipinski definition) is 1. The predicted molar refractivity (Wildman–Crippen MR) is 81.8 cm³/mol. The molecule has 1 aromatic carbocycles. The van der Waals surface area contributed by atoms with Gasteiger partial charge in [-0.3, -0.25) is 0 Å². The van der Waals surface area contributed by atoms with Gasteiger partial charge in [-0.05, 0) is 61.9 Å². The van der Waals surface area contributed by atoms with Crippen LogP contribution in [0.25, 0.3) is 0 Å². The van der Waals surface area contributed by atoms with Crippen molar-refractivity contribution in [2.45, 2.75) is 51.5 Å². The third-order valence-electron chi connectivity index (χ3n) is 4.10. The van der Waals surface area contributed by atoms with Crippen molar-refractivity contribution >= 4 is 15.9 Å². The van der Waals surface area contributed by atoms with Gasteiger partial charge in [0, 0.05) is 10.5 Å². The number of aryl methyl sites for hydroxylation is 1. The van der Waals surface area contributed by atoms with Crippen LogP contribution in [0, 0.1) is 11.7 Å². The quantitative estimate of drug-likeness (QED) is 0.799. The van der Waals surface area contributed by atoms with Gasteiger partial charge < -0.3 is 5.32 Å². The van der Waals surface area contributed by atoms with Gasteiger partial charge >= 0.3 is 0 Å². The molecule has 1 saturated carbocycles. The van der Waals surface area contributed by atoms with Crippen LogP contribution in [-0.4, -0.2) is 12.6 Å². The van der Waals surface area contributed by atoms with E-state index in [1.165, 1.54) is 31.7 Å². The van der Waals surface area contributed by atoms with Crippen LogP contribution in [0.1, 0.15) is 44.6 Å². The van der Waals surface area contributed by atoms with Crippen LogP contribution in [0.4, 0.5) is 4.39 Å².